The van der Waals surface area contributed by atoms with Crippen LogP contribution in [0.25, 0.3) is 0 Å². The zero-order chi connectivity index (χ0) is 11.4. The first-order valence-electron chi connectivity index (χ1n) is 5.74. The van der Waals surface area contributed by atoms with Gasteiger partial charge in [0, 0.05) is 24.6 Å². The highest BCUT2D eigenvalue weighted by Gasteiger charge is 2.24. The van der Waals surface area contributed by atoms with Crippen molar-refractivity contribution in [3.8, 4) is 5.75 Å². The molecule has 3 nitrogen and oxygen atoms in total. The van der Waals surface area contributed by atoms with E-state index >= 15 is 0 Å². The Labute approximate surface area is 105 Å². The van der Waals surface area contributed by atoms with Crippen molar-refractivity contribution in [2.24, 2.45) is 5.92 Å². The maximum atomic E-state index is 5.60. The number of alkyl halides is 1. The third-order valence-electron chi connectivity index (χ3n) is 2.85. The van der Waals surface area contributed by atoms with Crippen LogP contribution < -0.4 is 9.64 Å². The maximum absolute atomic E-state index is 5.60. The van der Waals surface area contributed by atoms with Crippen LogP contribution in [0.2, 0.25) is 0 Å². The summed E-state index contributed by atoms with van der Waals surface area (Å²) in [5, 5.41) is 1.07. The molecule has 88 valence electrons. The third kappa shape index (κ3) is 2.48. The second-order valence-corrected chi connectivity index (χ2v) is 4.66. The summed E-state index contributed by atoms with van der Waals surface area (Å²) >= 11 is 3.55. The van der Waals surface area contributed by atoms with E-state index in [1.807, 2.05) is 25.3 Å². The molecular formula is C12H17BrN2O. The van der Waals surface area contributed by atoms with Crippen LogP contribution in [0.15, 0.2) is 18.3 Å². The van der Waals surface area contributed by atoms with E-state index in [0.29, 0.717) is 6.61 Å². The highest BCUT2D eigenvalue weighted by atomic mass is 79.9. The Morgan fingerprint density at radius 1 is 1.62 bits per heavy atom. The Hall–Kier alpha value is -0.770. The van der Waals surface area contributed by atoms with Crippen LogP contribution >= 0.6 is 15.9 Å². The van der Waals surface area contributed by atoms with Gasteiger partial charge >= 0.3 is 0 Å². The van der Waals surface area contributed by atoms with Gasteiger partial charge in [-0.05, 0) is 31.4 Å². The molecule has 0 amide bonds. The number of ether oxygens (including phenoxy) is 1. The Morgan fingerprint density at radius 2 is 2.50 bits per heavy atom. The molecular weight excluding hydrogens is 268 g/mol. The Kier molecular flexibility index (Phi) is 4.04. The van der Waals surface area contributed by atoms with E-state index in [1.165, 1.54) is 6.42 Å². The van der Waals surface area contributed by atoms with Gasteiger partial charge in [0.2, 0.25) is 0 Å². The van der Waals surface area contributed by atoms with Crippen LogP contribution in [0.4, 0.5) is 5.82 Å². The number of halogens is 1. The fourth-order valence-corrected chi connectivity index (χ4v) is 2.57. The summed E-state index contributed by atoms with van der Waals surface area (Å²) < 4.78 is 5.60. The molecule has 0 bridgehead atoms. The summed E-state index contributed by atoms with van der Waals surface area (Å²) in [7, 11) is 0. The lowest BCUT2D eigenvalue weighted by Crippen LogP contribution is -2.21. The quantitative estimate of drug-likeness (QED) is 0.795. The average Bonchev–Trinajstić information content (AvgIpc) is 2.79. The number of pyridine rings is 1. The van der Waals surface area contributed by atoms with Crippen molar-refractivity contribution >= 4 is 21.7 Å². The molecule has 1 aliphatic rings. The molecule has 0 saturated carbocycles. The van der Waals surface area contributed by atoms with E-state index in [9.17, 15) is 0 Å². The van der Waals surface area contributed by atoms with Crippen molar-refractivity contribution in [2.45, 2.75) is 13.3 Å². The molecule has 16 heavy (non-hydrogen) atoms. The van der Waals surface area contributed by atoms with Gasteiger partial charge in [-0.2, -0.15) is 0 Å². The zero-order valence-electron chi connectivity index (χ0n) is 9.53. The number of hydrogen-bond donors (Lipinski definition) is 0. The molecule has 2 rings (SSSR count). The average molecular weight is 285 g/mol. The normalized spacial score (nSPS) is 20.1. The lowest BCUT2D eigenvalue weighted by Gasteiger charge is -2.19. The monoisotopic (exact) mass is 284 g/mol. The molecule has 1 atom stereocenters. The Balaban J connectivity index is 2.14. The minimum Gasteiger partial charge on any atom is -0.490 e. The van der Waals surface area contributed by atoms with E-state index in [0.717, 1.165) is 35.9 Å². The fourth-order valence-electron chi connectivity index (χ4n) is 2.04. The van der Waals surface area contributed by atoms with E-state index < -0.39 is 0 Å². The minimum absolute atomic E-state index is 0.689. The Bertz CT molecular complexity index is 346. The van der Waals surface area contributed by atoms with Crippen molar-refractivity contribution in [1.29, 1.82) is 0 Å². The van der Waals surface area contributed by atoms with Gasteiger partial charge in [0.1, 0.15) is 0 Å². The van der Waals surface area contributed by atoms with E-state index in [2.05, 4.69) is 25.8 Å². The first-order chi connectivity index (χ1) is 7.85. The van der Waals surface area contributed by atoms with Gasteiger partial charge in [-0.25, -0.2) is 4.98 Å². The predicted molar refractivity (Wildman–Crippen MR) is 69.5 cm³/mol. The van der Waals surface area contributed by atoms with Crippen molar-refractivity contribution in [1.82, 2.24) is 4.98 Å². The molecule has 0 aliphatic carbocycles. The van der Waals surface area contributed by atoms with Gasteiger partial charge in [0.25, 0.3) is 0 Å². The van der Waals surface area contributed by atoms with Gasteiger partial charge < -0.3 is 9.64 Å². The summed E-state index contributed by atoms with van der Waals surface area (Å²) in [6.45, 7) is 4.84. The van der Waals surface area contributed by atoms with Crippen molar-refractivity contribution in [3.05, 3.63) is 18.3 Å². The van der Waals surface area contributed by atoms with Crippen LogP contribution in [-0.4, -0.2) is 30.0 Å². The molecule has 1 fully saturated rings. The highest BCUT2D eigenvalue weighted by Crippen LogP contribution is 2.30. The van der Waals surface area contributed by atoms with Crippen LogP contribution in [0.5, 0.6) is 5.75 Å². The first-order valence-corrected chi connectivity index (χ1v) is 6.86. The van der Waals surface area contributed by atoms with Crippen molar-refractivity contribution in [2.75, 3.05) is 29.9 Å². The SMILES string of the molecule is CCOc1cccnc1N1CCC(CBr)C1. The second-order valence-electron chi connectivity index (χ2n) is 4.01. The van der Waals surface area contributed by atoms with Gasteiger partial charge in [-0.1, -0.05) is 15.9 Å². The smallest absolute Gasteiger partial charge is 0.171 e. The molecule has 0 radical (unpaired) electrons. The summed E-state index contributed by atoms with van der Waals surface area (Å²) in [5.74, 6) is 2.63. The summed E-state index contributed by atoms with van der Waals surface area (Å²) in [4.78, 5) is 6.75. The van der Waals surface area contributed by atoms with E-state index in [-0.39, 0.29) is 0 Å². The number of nitrogens with zero attached hydrogens (tertiary/aromatic N) is 2. The Morgan fingerprint density at radius 3 is 3.19 bits per heavy atom. The van der Waals surface area contributed by atoms with Crippen molar-refractivity contribution < 1.29 is 4.74 Å². The molecule has 0 spiro atoms. The molecule has 1 unspecified atom stereocenters. The number of anilines is 1. The topological polar surface area (TPSA) is 25.4 Å². The van der Waals surface area contributed by atoms with Crippen molar-refractivity contribution in [3.63, 3.8) is 0 Å². The third-order valence-corrected chi connectivity index (χ3v) is 3.77. The number of hydrogen-bond acceptors (Lipinski definition) is 3. The predicted octanol–water partition coefficient (Wildman–Crippen LogP) is 2.70. The molecule has 2 heterocycles. The maximum Gasteiger partial charge on any atom is 0.171 e. The van der Waals surface area contributed by atoms with Gasteiger partial charge in [-0.3, -0.25) is 0 Å². The zero-order valence-corrected chi connectivity index (χ0v) is 11.1. The summed E-state index contributed by atoms with van der Waals surface area (Å²) in [6.07, 6.45) is 3.06. The fraction of sp³-hybridized carbons (Fsp3) is 0.583. The van der Waals surface area contributed by atoms with Crippen LogP contribution in [0, 0.1) is 5.92 Å². The van der Waals surface area contributed by atoms with Crippen LogP contribution in [0.1, 0.15) is 13.3 Å². The number of aromatic nitrogens is 1. The lowest BCUT2D eigenvalue weighted by molar-refractivity contribution is 0.339. The van der Waals surface area contributed by atoms with Crippen LogP contribution in [-0.2, 0) is 0 Å². The first kappa shape index (κ1) is 11.7. The van der Waals surface area contributed by atoms with Gasteiger partial charge in [0.15, 0.2) is 11.6 Å². The molecule has 1 aromatic rings. The summed E-state index contributed by atoms with van der Waals surface area (Å²) in [6, 6.07) is 3.92. The molecule has 1 aromatic heterocycles. The van der Waals surface area contributed by atoms with Gasteiger partial charge in [-0.15, -0.1) is 0 Å². The molecule has 1 aliphatic heterocycles. The minimum atomic E-state index is 0.689. The van der Waals surface area contributed by atoms with E-state index in [4.69, 9.17) is 4.74 Å². The lowest BCUT2D eigenvalue weighted by atomic mass is 10.2. The van der Waals surface area contributed by atoms with E-state index in [1.54, 1.807) is 0 Å². The molecule has 4 heteroatoms. The second kappa shape index (κ2) is 5.53. The van der Waals surface area contributed by atoms with Gasteiger partial charge in [0.05, 0.1) is 6.61 Å². The largest absolute Gasteiger partial charge is 0.490 e. The molecule has 0 N–H and O–H groups in total. The molecule has 1 saturated heterocycles. The highest BCUT2D eigenvalue weighted by molar-refractivity contribution is 9.09. The molecule has 0 aromatic carbocycles. The van der Waals surface area contributed by atoms with Crippen LogP contribution in [0.3, 0.4) is 0 Å². The standard InChI is InChI=1S/C12H17BrN2O/c1-2-16-11-4-3-6-14-12(11)15-7-5-10(8-13)9-15/h3-4,6,10H,2,5,7-9H2,1H3. The number of rotatable bonds is 4. The summed E-state index contributed by atoms with van der Waals surface area (Å²) in [5.41, 5.74) is 0.